The molecule has 0 spiro atoms. The summed E-state index contributed by atoms with van der Waals surface area (Å²) in [5.41, 5.74) is 3.35. The maximum atomic E-state index is 13.7. The van der Waals surface area contributed by atoms with Gasteiger partial charge >= 0.3 is 0 Å². The Labute approximate surface area is 168 Å². The molecule has 2 aromatic carbocycles. The van der Waals surface area contributed by atoms with Crippen molar-refractivity contribution >= 4 is 29.3 Å². The number of benzene rings is 2. The SMILES string of the molecule is Cc1ccc(NC(=O)c2ccc(C)c(NC(=O)/C=C/c3cccnc3)c2)cc1F. The van der Waals surface area contributed by atoms with Crippen LogP contribution < -0.4 is 10.6 Å². The number of halogens is 1. The van der Waals surface area contributed by atoms with Gasteiger partial charge in [-0.05, 0) is 66.9 Å². The molecule has 5 nitrogen and oxygen atoms in total. The Morgan fingerprint density at radius 2 is 1.79 bits per heavy atom. The van der Waals surface area contributed by atoms with Gasteiger partial charge in [-0.15, -0.1) is 0 Å². The van der Waals surface area contributed by atoms with Gasteiger partial charge in [0.2, 0.25) is 5.91 Å². The van der Waals surface area contributed by atoms with Crippen LogP contribution in [-0.4, -0.2) is 16.8 Å². The summed E-state index contributed by atoms with van der Waals surface area (Å²) in [6, 6.07) is 13.1. The Balaban J connectivity index is 1.71. The van der Waals surface area contributed by atoms with E-state index in [1.54, 1.807) is 61.8 Å². The molecule has 146 valence electrons. The lowest BCUT2D eigenvalue weighted by molar-refractivity contribution is -0.111. The number of nitrogens with zero attached hydrogens (tertiary/aromatic N) is 1. The number of aromatic nitrogens is 1. The number of hydrogen-bond acceptors (Lipinski definition) is 3. The first-order valence-corrected chi connectivity index (χ1v) is 8.99. The number of aryl methyl sites for hydroxylation is 2. The minimum atomic E-state index is -0.394. The third-order valence-corrected chi connectivity index (χ3v) is 4.30. The Morgan fingerprint density at radius 1 is 1.00 bits per heavy atom. The first kappa shape index (κ1) is 19.9. The van der Waals surface area contributed by atoms with E-state index in [4.69, 9.17) is 0 Å². The van der Waals surface area contributed by atoms with Crippen molar-refractivity contribution in [3.63, 3.8) is 0 Å². The average Bonchev–Trinajstić information content (AvgIpc) is 2.71. The van der Waals surface area contributed by atoms with Crippen LogP contribution in [0.15, 0.2) is 67.0 Å². The van der Waals surface area contributed by atoms with Crippen molar-refractivity contribution < 1.29 is 14.0 Å². The zero-order chi connectivity index (χ0) is 20.8. The van der Waals surface area contributed by atoms with Crippen LogP contribution in [0, 0.1) is 19.7 Å². The van der Waals surface area contributed by atoms with Crippen LogP contribution in [0.3, 0.4) is 0 Å². The van der Waals surface area contributed by atoms with E-state index in [-0.39, 0.29) is 11.7 Å². The summed E-state index contributed by atoms with van der Waals surface area (Å²) in [5.74, 6) is -1.11. The fourth-order valence-corrected chi connectivity index (χ4v) is 2.59. The molecular formula is C23H20FN3O2. The fourth-order valence-electron chi connectivity index (χ4n) is 2.59. The molecule has 0 atom stereocenters. The number of carbonyl (C=O) groups is 2. The molecule has 2 amide bonds. The molecule has 6 heteroatoms. The highest BCUT2D eigenvalue weighted by atomic mass is 19.1. The topological polar surface area (TPSA) is 71.1 Å². The molecule has 0 aliphatic carbocycles. The number of rotatable bonds is 5. The number of pyridine rings is 1. The molecule has 0 aliphatic rings. The van der Waals surface area contributed by atoms with Crippen LogP contribution in [0.25, 0.3) is 6.08 Å². The van der Waals surface area contributed by atoms with Crippen LogP contribution in [0.1, 0.15) is 27.0 Å². The average molecular weight is 389 g/mol. The quantitative estimate of drug-likeness (QED) is 0.619. The van der Waals surface area contributed by atoms with Gasteiger partial charge in [0.05, 0.1) is 0 Å². The van der Waals surface area contributed by atoms with E-state index in [0.29, 0.717) is 22.5 Å². The zero-order valence-electron chi connectivity index (χ0n) is 16.1. The van der Waals surface area contributed by atoms with Gasteiger partial charge < -0.3 is 10.6 Å². The van der Waals surface area contributed by atoms with Gasteiger partial charge in [-0.2, -0.15) is 0 Å². The lowest BCUT2D eigenvalue weighted by Gasteiger charge is -2.10. The molecular weight excluding hydrogens is 369 g/mol. The minimum Gasteiger partial charge on any atom is -0.322 e. The van der Waals surface area contributed by atoms with Gasteiger partial charge in [-0.3, -0.25) is 14.6 Å². The molecule has 2 N–H and O–H groups in total. The molecule has 29 heavy (non-hydrogen) atoms. The number of anilines is 2. The summed E-state index contributed by atoms with van der Waals surface area (Å²) in [4.78, 5) is 28.7. The third-order valence-electron chi connectivity index (χ3n) is 4.30. The molecule has 1 aromatic heterocycles. The van der Waals surface area contributed by atoms with Crippen LogP contribution in [-0.2, 0) is 4.79 Å². The van der Waals surface area contributed by atoms with Crippen molar-refractivity contribution in [1.29, 1.82) is 0 Å². The standard InChI is InChI=1S/C23H20FN3O2/c1-15-6-9-19(13-20(15)24)26-23(29)18-8-5-16(2)21(12-18)27-22(28)10-7-17-4-3-11-25-14-17/h3-14H,1-2H3,(H,26,29)(H,27,28)/b10-7+. The van der Waals surface area contributed by atoms with Gasteiger partial charge in [0.15, 0.2) is 0 Å². The number of nitrogens with one attached hydrogen (secondary N) is 2. The minimum absolute atomic E-state index is 0.324. The summed E-state index contributed by atoms with van der Waals surface area (Å²) in [6.07, 6.45) is 6.36. The largest absolute Gasteiger partial charge is 0.322 e. The Kier molecular flexibility index (Phi) is 6.14. The number of amides is 2. The van der Waals surface area contributed by atoms with Crippen molar-refractivity contribution in [2.24, 2.45) is 0 Å². The van der Waals surface area contributed by atoms with Crippen molar-refractivity contribution in [2.45, 2.75) is 13.8 Å². The van der Waals surface area contributed by atoms with Crippen molar-refractivity contribution in [3.8, 4) is 0 Å². The smallest absolute Gasteiger partial charge is 0.255 e. The van der Waals surface area contributed by atoms with E-state index in [2.05, 4.69) is 15.6 Å². The number of carbonyl (C=O) groups excluding carboxylic acids is 2. The second kappa shape index (κ2) is 8.93. The monoisotopic (exact) mass is 389 g/mol. The molecule has 0 saturated heterocycles. The van der Waals surface area contributed by atoms with Crippen LogP contribution in [0.5, 0.6) is 0 Å². The fraction of sp³-hybridized carbons (Fsp3) is 0.0870. The molecule has 3 rings (SSSR count). The van der Waals surface area contributed by atoms with Gasteiger partial charge in [0.1, 0.15) is 5.82 Å². The van der Waals surface area contributed by atoms with Crippen molar-refractivity contribution in [1.82, 2.24) is 4.98 Å². The summed E-state index contributed by atoms with van der Waals surface area (Å²) in [6.45, 7) is 3.48. The van der Waals surface area contributed by atoms with Gasteiger partial charge in [0, 0.05) is 35.4 Å². The summed E-state index contributed by atoms with van der Waals surface area (Å²) >= 11 is 0. The second-order valence-electron chi connectivity index (χ2n) is 6.56. The maximum absolute atomic E-state index is 13.7. The van der Waals surface area contributed by atoms with E-state index in [1.807, 2.05) is 13.0 Å². The van der Waals surface area contributed by atoms with Crippen molar-refractivity contribution in [2.75, 3.05) is 10.6 Å². The first-order chi connectivity index (χ1) is 13.9. The second-order valence-corrected chi connectivity index (χ2v) is 6.56. The highest BCUT2D eigenvalue weighted by Gasteiger charge is 2.11. The molecule has 0 saturated carbocycles. The normalized spacial score (nSPS) is 10.7. The van der Waals surface area contributed by atoms with E-state index in [9.17, 15) is 14.0 Å². The lowest BCUT2D eigenvalue weighted by atomic mass is 10.1. The first-order valence-electron chi connectivity index (χ1n) is 8.99. The summed E-state index contributed by atoms with van der Waals surface area (Å²) < 4.78 is 13.7. The lowest BCUT2D eigenvalue weighted by Crippen LogP contribution is -2.14. The molecule has 0 fully saturated rings. The van der Waals surface area contributed by atoms with Crippen LogP contribution >= 0.6 is 0 Å². The molecule has 3 aromatic rings. The Bertz CT molecular complexity index is 1080. The Morgan fingerprint density at radius 3 is 2.52 bits per heavy atom. The molecule has 0 bridgehead atoms. The van der Waals surface area contributed by atoms with Gasteiger partial charge in [-0.1, -0.05) is 18.2 Å². The molecule has 0 aliphatic heterocycles. The third kappa shape index (κ3) is 5.35. The van der Waals surface area contributed by atoms with Gasteiger partial charge in [0.25, 0.3) is 5.91 Å². The predicted molar refractivity (Wildman–Crippen MR) is 112 cm³/mol. The number of hydrogen-bond donors (Lipinski definition) is 2. The van der Waals surface area contributed by atoms with E-state index in [1.165, 1.54) is 12.1 Å². The van der Waals surface area contributed by atoms with Crippen LogP contribution in [0.4, 0.5) is 15.8 Å². The molecule has 0 radical (unpaired) electrons. The molecule has 0 unspecified atom stereocenters. The maximum Gasteiger partial charge on any atom is 0.255 e. The van der Waals surface area contributed by atoms with Crippen molar-refractivity contribution in [3.05, 3.63) is 95.1 Å². The highest BCUT2D eigenvalue weighted by molar-refractivity contribution is 6.07. The van der Waals surface area contributed by atoms with Crippen LogP contribution in [0.2, 0.25) is 0 Å². The summed E-state index contributed by atoms with van der Waals surface area (Å²) in [5, 5.41) is 5.43. The predicted octanol–water partition coefficient (Wildman–Crippen LogP) is 4.74. The molecule has 1 heterocycles. The summed E-state index contributed by atoms with van der Waals surface area (Å²) in [7, 11) is 0. The van der Waals surface area contributed by atoms with Gasteiger partial charge in [-0.25, -0.2) is 4.39 Å². The zero-order valence-corrected chi connectivity index (χ0v) is 16.1. The van der Waals surface area contributed by atoms with E-state index in [0.717, 1.165) is 11.1 Å². The van der Waals surface area contributed by atoms with E-state index < -0.39 is 5.91 Å². The van der Waals surface area contributed by atoms with E-state index >= 15 is 0 Å². The Hall–Kier alpha value is -3.80. The highest BCUT2D eigenvalue weighted by Crippen LogP contribution is 2.19.